The van der Waals surface area contributed by atoms with E-state index in [1.54, 1.807) is 19.1 Å². The van der Waals surface area contributed by atoms with Gasteiger partial charge in [-0.3, -0.25) is 59.6 Å². The molecule has 0 fully saturated rings. The summed E-state index contributed by atoms with van der Waals surface area (Å²) in [5.41, 5.74) is 6.00. The summed E-state index contributed by atoms with van der Waals surface area (Å²) in [4.78, 5) is 89.3. The number of hydrogen-bond donors (Lipinski definition) is 5. The third kappa shape index (κ3) is 29.2. The van der Waals surface area contributed by atoms with Crippen LogP contribution in [0.4, 0.5) is 42.8 Å². The Morgan fingerprint density at radius 1 is 0.607 bits per heavy atom. The van der Waals surface area contributed by atoms with E-state index in [0.29, 0.717) is 47.0 Å². The quantitative estimate of drug-likeness (QED) is 0.0127. The van der Waals surface area contributed by atoms with E-state index in [1.807, 2.05) is 11.0 Å². The number of amides is 2. The molecule has 0 aliphatic heterocycles. The molecule has 31 heteroatoms. The number of azo groups is 1. The zero-order chi connectivity index (χ0) is 62.1. The second-order valence-corrected chi connectivity index (χ2v) is 17.6. The van der Waals surface area contributed by atoms with E-state index in [2.05, 4.69) is 104 Å². The van der Waals surface area contributed by atoms with Crippen molar-refractivity contribution in [2.45, 2.75) is 19.8 Å². The number of nitrogens with one attached hydrogen (secondary N) is 2. The van der Waals surface area contributed by atoms with Crippen LogP contribution in [-0.2, 0) is 42.9 Å². The molecule has 466 valence electrons. The predicted octanol–water partition coefficient (Wildman–Crippen LogP) is 7.47. The number of hydrogen-bond acceptors (Lipinski definition) is 23. The first kappa shape index (κ1) is 69.7. The molecule has 0 aliphatic rings. The van der Waals surface area contributed by atoms with E-state index in [1.165, 1.54) is 0 Å². The number of rotatable bonds is 34. The molecule has 0 saturated heterocycles. The summed E-state index contributed by atoms with van der Waals surface area (Å²) in [5.74, 6) is 26.1. The van der Waals surface area contributed by atoms with Gasteiger partial charge in [-0.15, -0.1) is 23.1 Å². The maximum atomic E-state index is 12.2. The van der Waals surface area contributed by atoms with Crippen molar-refractivity contribution >= 4 is 89.2 Å². The topological polar surface area (TPSA) is 405 Å². The number of aryl methyl sites for hydroxylation is 1. The van der Waals surface area contributed by atoms with Crippen molar-refractivity contribution in [2.24, 2.45) is 22.1 Å². The number of thiophene rings is 2. The van der Waals surface area contributed by atoms with Crippen LogP contribution < -0.4 is 21.3 Å². The van der Waals surface area contributed by atoms with Crippen molar-refractivity contribution < 1.29 is 92.7 Å². The van der Waals surface area contributed by atoms with E-state index >= 15 is 0 Å². The van der Waals surface area contributed by atoms with Gasteiger partial charge in [0.05, 0.1) is 104 Å². The maximum absolute atomic E-state index is 12.2. The summed E-state index contributed by atoms with van der Waals surface area (Å²) < 4.78 is 28.1. The van der Waals surface area contributed by atoms with E-state index in [4.69, 9.17) is 42.3 Å². The van der Waals surface area contributed by atoms with Crippen LogP contribution in [0.5, 0.6) is 0 Å². The van der Waals surface area contributed by atoms with Crippen molar-refractivity contribution in [3.63, 3.8) is 0 Å². The number of anilines is 2. The van der Waals surface area contributed by atoms with E-state index < -0.39 is 71.7 Å². The molecule has 2 unspecified atom stereocenters. The van der Waals surface area contributed by atoms with Crippen LogP contribution in [0.1, 0.15) is 38.4 Å². The van der Waals surface area contributed by atoms with Gasteiger partial charge in [0.1, 0.15) is 24.0 Å². The number of ether oxygens (including phenoxy) is 5. The molecule has 3 aromatic rings. The molecule has 2 aromatic heterocycles. The fourth-order valence-corrected chi connectivity index (χ4v) is 7.32. The molecule has 84 heavy (non-hydrogen) atoms. The Hall–Kier alpha value is -10.4. The summed E-state index contributed by atoms with van der Waals surface area (Å²) in [6.45, 7) is 5.09. The number of benzene rings is 1. The number of aliphatic carboxylic acids is 2. The zero-order valence-corrected chi connectivity index (χ0v) is 46.0. The SMILES string of the molecule is C#CC#CC#CC#CC(CC(=O)NCCOCCOCCOCCN(CCOCCOCCNC(=O)CC(C#CC#CC#CC#C)C(=O)O)c1ccc(N=Nc2sc([N+](=O)[O-])cc2[N+](=O)[O-])c(C)c1)C(=O)O.Nc1sc([N+](=O)[O-])cc1[N+](=O)[O-].[HH].[HH].[HH].[HH].[HH].[HH].[HH].[HH].[HH].[HH].[HH].[HH].[HH].[HH]. The Labute approximate surface area is 508 Å². The Morgan fingerprint density at radius 2 is 1.02 bits per heavy atom. The van der Waals surface area contributed by atoms with Crippen LogP contribution in [0.2, 0.25) is 0 Å². The molecule has 0 radical (unpaired) electrons. The minimum Gasteiger partial charge on any atom is -0.480 e. The predicted molar refractivity (Wildman–Crippen MR) is 333 cm³/mol. The van der Waals surface area contributed by atoms with Gasteiger partial charge in [0.25, 0.3) is 0 Å². The molecule has 0 bridgehead atoms. The van der Waals surface area contributed by atoms with Crippen molar-refractivity contribution in [2.75, 3.05) is 103 Å². The molecule has 29 nitrogen and oxygen atoms in total. The molecule has 0 aliphatic carbocycles. The number of nitrogens with zero attached hydrogens (tertiary/aromatic N) is 7. The molecule has 1 aromatic carbocycles. The van der Waals surface area contributed by atoms with Crippen molar-refractivity contribution in [1.82, 2.24) is 10.6 Å². The zero-order valence-electron chi connectivity index (χ0n) is 44.4. The minimum atomic E-state index is -1.28. The number of carbonyl (C=O) groups is 4. The lowest BCUT2D eigenvalue weighted by Crippen LogP contribution is -2.32. The van der Waals surface area contributed by atoms with Gasteiger partial charge in [0, 0.05) is 51.8 Å². The van der Waals surface area contributed by atoms with Crippen LogP contribution in [0.25, 0.3) is 0 Å². The first-order valence-corrected chi connectivity index (χ1v) is 25.6. The second kappa shape index (κ2) is 40.7. The Balaban J connectivity index is -0.000000228. The lowest BCUT2D eigenvalue weighted by atomic mass is 10.1. The summed E-state index contributed by atoms with van der Waals surface area (Å²) in [6.07, 6.45) is 9.20. The molecular weight excluding hydrogens is 1140 g/mol. The smallest absolute Gasteiger partial charge is 0.333 e. The van der Waals surface area contributed by atoms with Gasteiger partial charge in [-0.1, -0.05) is 11.8 Å². The normalized spacial score (nSPS) is 10.5. The number of carbonyl (C=O) groups excluding carboxylic acids is 2. The molecule has 2 heterocycles. The number of terminal acetylenes is 2. The molecule has 6 N–H and O–H groups in total. The monoisotopic (exact) mass is 1220 g/mol. The van der Waals surface area contributed by atoms with Crippen LogP contribution in [0.15, 0.2) is 40.6 Å². The Kier molecular flexibility index (Phi) is 33.8. The minimum absolute atomic E-state index is 0. The third-order valence-corrected chi connectivity index (χ3v) is 11.6. The lowest BCUT2D eigenvalue weighted by molar-refractivity contribution is -0.390. The summed E-state index contributed by atoms with van der Waals surface area (Å²) in [7, 11) is 0. The van der Waals surface area contributed by atoms with Gasteiger partial charge in [0.15, 0.2) is 5.00 Å². The van der Waals surface area contributed by atoms with Crippen molar-refractivity contribution in [3.05, 3.63) is 76.4 Å². The number of carboxylic acid groups (broad SMARTS) is 2. The van der Waals surface area contributed by atoms with Crippen LogP contribution >= 0.6 is 22.7 Å². The van der Waals surface area contributed by atoms with Crippen LogP contribution in [-0.4, -0.2) is 146 Å². The van der Waals surface area contributed by atoms with E-state index in [9.17, 15) is 69.8 Å². The molecular formula is C53H78N10O19S2. The van der Waals surface area contributed by atoms with Crippen LogP contribution in [0, 0.1) is 155 Å². The number of nitro groups is 4. The highest BCUT2D eigenvalue weighted by Crippen LogP contribution is 2.42. The van der Waals surface area contributed by atoms with Gasteiger partial charge in [-0.25, -0.2) is 0 Å². The third-order valence-electron chi connectivity index (χ3n) is 9.73. The first-order valence-electron chi connectivity index (χ1n) is 24.0. The molecule has 0 spiro atoms. The average Bonchev–Trinajstić information content (AvgIpc) is 1.60. The Bertz CT molecular complexity index is 3410. The summed E-state index contributed by atoms with van der Waals surface area (Å²) >= 11 is 1.12. The van der Waals surface area contributed by atoms with Crippen molar-refractivity contribution in [1.29, 1.82) is 0 Å². The highest BCUT2D eigenvalue weighted by Gasteiger charge is 2.26. The van der Waals surface area contributed by atoms with Gasteiger partial charge in [-0.2, -0.15) is 0 Å². The summed E-state index contributed by atoms with van der Waals surface area (Å²) in [6, 6.07) is 6.92. The van der Waals surface area contributed by atoms with Gasteiger partial charge >= 0.3 is 33.3 Å². The molecule has 2 amide bonds. The van der Waals surface area contributed by atoms with Gasteiger partial charge in [-0.05, 0) is 124 Å². The van der Waals surface area contributed by atoms with Crippen LogP contribution in [0.3, 0.4) is 0 Å². The standard InChI is InChI=1S/C49H47N7O15S.C4H3N3O4S.14H2/c1-4-6-8-10-12-14-16-39(48(59)60)35-44(57)50-20-24-67-28-30-69-26-22-54(41-18-19-42(38(3)34-41)52-53-47-43(55(63)64)37-46(72-47)56(65)66)23-27-70-31-33-71-32-29-68-25-21-51-45(58)36-40(49(61)62)17-15-13-11-9-7-5-2;5-4-2(6(8)9)1-3(12-4)7(10)11;;;;;;;;;;;;;;/h1-2,18-19,34,37,39-40H,20-33,35-36H2,3H3,(H,50,57)(H,51,58)(H,59,60)(H,61,62);1H,5H2;14*1H. The van der Waals surface area contributed by atoms with Crippen molar-refractivity contribution in [3.8, 4) is 95.7 Å². The second-order valence-electron chi connectivity index (χ2n) is 15.6. The summed E-state index contributed by atoms with van der Waals surface area (Å²) in [5, 5.41) is 73.7. The van der Waals surface area contributed by atoms with E-state index in [-0.39, 0.29) is 127 Å². The maximum Gasteiger partial charge on any atom is 0.333 e. The number of carboxylic acids is 2. The number of nitrogens with two attached hydrogens (primary N) is 1. The molecule has 3 rings (SSSR count). The highest BCUT2D eigenvalue weighted by molar-refractivity contribution is 7.19. The average molecular weight is 1220 g/mol. The fraction of sp³-hybridized carbons (Fsp3) is 0.358. The highest BCUT2D eigenvalue weighted by atomic mass is 32.1. The largest absolute Gasteiger partial charge is 0.480 e. The molecule has 2 atom stereocenters. The molecule has 0 saturated carbocycles. The van der Waals surface area contributed by atoms with Gasteiger partial charge < -0.3 is 55.2 Å². The first-order chi connectivity index (χ1) is 40.3. The lowest BCUT2D eigenvalue weighted by Gasteiger charge is -2.25. The fourth-order valence-electron chi connectivity index (χ4n) is 5.84. The van der Waals surface area contributed by atoms with E-state index in [0.717, 1.165) is 17.8 Å². The number of nitrogen functional groups attached to an aromatic ring is 1. The Morgan fingerprint density at radius 3 is 1.43 bits per heavy atom. The van der Waals surface area contributed by atoms with Gasteiger partial charge in [0.2, 0.25) is 16.8 Å².